The number of unbranched alkanes of at least 4 members (excludes halogenated alkanes) is 1. The number of benzene rings is 3. The summed E-state index contributed by atoms with van der Waals surface area (Å²) in [6.07, 6.45) is 5.04. The topological polar surface area (TPSA) is 71.6 Å². The zero-order valence-corrected chi connectivity index (χ0v) is 23.0. The zero-order valence-electron chi connectivity index (χ0n) is 22.2. The van der Waals surface area contributed by atoms with Gasteiger partial charge in [-0.1, -0.05) is 86.1 Å². The van der Waals surface area contributed by atoms with Crippen molar-refractivity contribution in [1.82, 2.24) is 14.5 Å². The third-order valence-electron chi connectivity index (χ3n) is 6.86. The van der Waals surface area contributed by atoms with E-state index in [9.17, 15) is 10.1 Å². The van der Waals surface area contributed by atoms with E-state index in [1.165, 1.54) is 0 Å². The third-order valence-corrected chi connectivity index (χ3v) is 7.90. The Bertz CT molecular complexity index is 1680. The van der Waals surface area contributed by atoms with E-state index < -0.39 is 0 Å². The summed E-state index contributed by atoms with van der Waals surface area (Å²) in [7, 11) is 0. The van der Waals surface area contributed by atoms with E-state index in [0.717, 1.165) is 57.1 Å². The van der Waals surface area contributed by atoms with Crippen LogP contribution in [0.2, 0.25) is 0 Å². The first-order chi connectivity index (χ1) is 19.1. The van der Waals surface area contributed by atoms with Crippen LogP contribution in [0.3, 0.4) is 0 Å². The Morgan fingerprint density at radius 1 is 0.974 bits per heavy atom. The Morgan fingerprint density at radius 3 is 2.38 bits per heavy atom. The fourth-order valence-corrected chi connectivity index (χ4v) is 5.70. The van der Waals surface area contributed by atoms with Crippen LogP contribution in [0.5, 0.6) is 0 Å². The van der Waals surface area contributed by atoms with Crippen LogP contribution >= 0.6 is 11.3 Å². The molecule has 0 radical (unpaired) electrons. The van der Waals surface area contributed by atoms with Crippen molar-refractivity contribution >= 4 is 11.3 Å². The molecule has 0 saturated heterocycles. The van der Waals surface area contributed by atoms with Crippen molar-refractivity contribution in [3.63, 3.8) is 0 Å². The maximum absolute atomic E-state index is 13.9. The number of nitrogens with zero attached hydrogens (tertiary/aromatic N) is 4. The fourth-order valence-electron chi connectivity index (χ4n) is 4.79. The maximum Gasteiger partial charge on any atom is 0.257 e. The summed E-state index contributed by atoms with van der Waals surface area (Å²) < 4.78 is 1.76. The molecular formula is C33H30N4OS. The van der Waals surface area contributed by atoms with Crippen LogP contribution < -0.4 is 5.56 Å². The minimum Gasteiger partial charge on any atom is -0.291 e. The van der Waals surface area contributed by atoms with Gasteiger partial charge in [-0.25, -0.2) is 9.97 Å². The summed E-state index contributed by atoms with van der Waals surface area (Å²) in [6.45, 7) is 4.48. The highest BCUT2D eigenvalue weighted by atomic mass is 32.1. The first kappa shape index (κ1) is 26.3. The van der Waals surface area contributed by atoms with Gasteiger partial charge in [0.1, 0.15) is 10.8 Å². The van der Waals surface area contributed by atoms with Crippen LogP contribution in [0, 0.1) is 18.3 Å². The van der Waals surface area contributed by atoms with E-state index in [1.54, 1.807) is 15.9 Å². The van der Waals surface area contributed by atoms with E-state index >= 15 is 0 Å². The lowest BCUT2D eigenvalue weighted by Crippen LogP contribution is -2.29. The summed E-state index contributed by atoms with van der Waals surface area (Å²) in [4.78, 5) is 24.5. The summed E-state index contributed by atoms with van der Waals surface area (Å²) >= 11 is 1.60. The second-order valence-electron chi connectivity index (χ2n) is 9.61. The maximum atomic E-state index is 13.9. The molecule has 194 valence electrons. The van der Waals surface area contributed by atoms with Crippen LogP contribution in [-0.4, -0.2) is 14.5 Å². The molecule has 6 heteroatoms. The van der Waals surface area contributed by atoms with Gasteiger partial charge in [-0.3, -0.25) is 9.36 Å². The second-order valence-corrected chi connectivity index (χ2v) is 10.7. The molecule has 5 rings (SSSR count). The van der Waals surface area contributed by atoms with E-state index in [0.29, 0.717) is 29.9 Å². The quantitative estimate of drug-likeness (QED) is 0.202. The summed E-state index contributed by atoms with van der Waals surface area (Å²) in [5.41, 5.74) is 6.05. The number of thiazole rings is 1. The van der Waals surface area contributed by atoms with Gasteiger partial charge < -0.3 is 0 Å². The number of aromatic nitrogens is 3. The Labute approximate surface area is 233 Å². The van der Waals surface area contributed by atoms with Crippen LogP contribution in [0.25, 0.3) is 21.7 Å². The molecule has 0 bridgehead atoms. The summed E-state index contributed by atoms with van der Waals surface area (Å²) in [5.74, 6) is 0.710. The SMILES string of the molecule is CCCCc1nc(C)n(Cc2cnc(-c3ccccc3)s2)c(=O)c1Cc1ccc(-c2ccccc2)c(C#N)c1. The zero-order chi connectivity index (χ0) is 27.2. The highest BCUT2D eigenvalue weighted by Gasteiger charge is 2.17. The van der Waals surface area contributed by atoms with Gasteiger partial charge in [0, 0.05) is 28.6 Å². The van der Waals surface area contributed by atoms with Gasteiger partial charge in [-0.05, 0) is 42.5 Å². The average Bonchev–Trinajstić information content (AvgIpc) is 3.45. The molecule has 0 aliphatic carbocycles. The molecule has 3 aromatic carbocycles. The molecule has 5 nitrogen and oxygen atoms in total. The lowest BCUT2D eigenvalue weighted by atomic mass is 9.95. The van der Waals surface area contributed by atoms with E-state index in [4.69, 9.17) is 4.98 Å². The molecule has 39 heavy (non-hydrogen) atoms. The van der Waals surface area contributed by atoms with Crippen LogP contribution in [-0.2, 0) is 19.4 Å². The molecule has 0 aliphatic heterocycles. The Balaban J connectivity index is 1.50. The number of rotatable bonds is 9. The first-order valence-corrected chi connectivity index (χ1v) is 14.1. The molecule has 0 aliphatic rings. The first-order valence-electron chi connectivity index (χ1n) is 13.2. The van der Waals surface area contributed by atoms with Crippen molar-refractivity contribution in [3.05, 3.63) is 128 Å². The van der Waals surface area contributed by atoms with Crippen LogP contribution in [0.1, 0.15) is 52.9 Å². The van der Waals surface area contributed by atoms with Crippen molar-refractivity contribution in [1.29, 1.82) is 5.26 Å². The highest BCUT2D eigenvalue weighted by molar-refractivity contribution is 7.15. The number of aryl methyl sites for hydroxylation is 2. The van der Waals surface area contributed by atoms with Gasteiger partial charge in [0.2, 0.25) is 0 Å². The number of hydrogen-bond acceptors (Lipinski definition) is 5. The molecule has 0 spiro atoms. The molecule has 0 fully saturated rings. The minimum atomic E-state index is -0.0195. The average molecular weight is 531 g/mol. The lowest BCUT2D eigenvalue weighted by Gasteiger charge is -2.15. The van der Waals surface area contributed by atoms with Crippen molar-refractivity contribution in [2.24, 2.45) is 0 Å². The second kappa shape index (κ2) is 12.0. The lowest BCUT2D eigenvalue weighted by molar-refractivity contribution is 0.666. The van der Waals surface area contributed by atoms with Crippen molar-refractivity contribution < 1.29 is 0 Å². The largest absolute Gasteiger partial charge is 0.291 e. The normalized spacial score (nSPS) is 10.9. The Hall–Kier alpha value is -4.34. The Morgan fingerprint density at radius 2 is 1.69 bits per heavy atom. The van der Waals surface area contributed by atoms with Crippen LogP contribution in [0.4, 0.5) is 0 Å². The molecule has 2 aromatic heterocycles. The molecule has 0 saturated carbocycles. The minimum absolute atomic E-state index is 0.0195. The van der Waals surface area contributed by atoms with Gasteiger partial charge in [-0.15, -0.1) is 11.3 Å². The number of nitriles is 1. The molecule has 2 heterocycles. The highest BCUT2D eigenvalue weighted by Crippen LogP contribution is 2.27. The predicted octanol–water partition coefficient (Wildman–Crippen LogP) is 7.20. The monoisotopic (exact) mass is 530 g/mol. The smallest absolute Gasteiger partial charge is 0.257 e. The van der Waals surface area contributed by atoms with Gasteiger partial charge >= 0.3 is 0 Å². The van der Waals surface area contributed by atoms with E-state index in [1.807, 2.05) is 92.0 Å². The van der Waals surface area contributed by atoms with Gasteiger partial charge in [0.15, 0.2) is 0 Å². The molecular weight excluding hydrogens is 500 g/mol. The molecule has 0 amide bonds. The fraction of sp³-hybridized carbons (Fsp3) is 0.212. The number of hydrogen-bond donors (Lipinski definition) is 0. The predicted molar refractivity (Wildman–Crippen MR) is 158 cm³/mol. The standard InChI is InChI=1S/C33H30N4OS/c1-3-4-15-31-30(19-24-16-17-29(27(18-24)20-34)25-11-7-5-8-12-25)33(38)37(23(2)36-31)22-28-21-35-32(39-28)26-13-9-6-10-14-26/h5-14,16-18,21H,3-4,15,19,22H2,1-2H3. The molecule has 5 aromatic rings. The van der Waals surface area contributed by atoms with Gasteiger partial charge in [0.05, 0.1) is 23.9 Å². The van der Waals surface area contributed by atoms with Gasteiger partial charge in [0.25, 0.3) is 5.56 Å². The van der Waals surface area contributed by atoms with Crippen LogP contribution in [0.15, 0.2) is 89.9 Å². The van der Waals surface area contributed by atoms with E-state index in [2.05, 4.69) is 18.0 Å². The van der Waals surface area contributed by atoms with Crippen molar-refractivity contribution in [2.75, 3.05) is 0 Å². The molecule has 0 N–H and O–H groups in total. The summed E-state index contributed by atoms with van der Waals surface area (Å²) in [5, 5.41) is 10.8. The summed E-state index contributed by atoms with van der Waals surface area (Å²) in [6, 6.07) is 28.2. The molecule has 0 unspecified atom stereocenters. The Kier molecular flexibility index (Phi) is 8.10. The third kappa shape index (κ3) is 5.89. The van der Waals surface area contributed by atoms with Gasteiger partial charge in [-0.2, -0.15) is 5.26 Å². The van der Waals surface area contributed by atoms with E-state index in [-0.39, 0.29) is 5.56 Å². The van der Waals surface area contributed by atoms with Crippen molar-refractivity contribution in [3.8, 4) is 27.8 Å². The molecule has 0 atom stereocenters. The van der Waals surface area contributed by atoms with Crippen molar-refractivity contribution in [2.45, 2.75) is 46.1 Å².